The lowest BCUT2D eigenvalue weighted by molar-refractivity contribution is 1.32. The van der Waals surface area contributed by atoms with Crippen LogP contribution in [0.25, 0.3) is 11.1 Å². The van der Waals surface area contributed by atoms with E-state index < -0.39 is 0 Å². The molecule has 2 rings (SSSR count). The highest BCUT2D eigenvalue weighted by molar-refractivity contribution is 5.67. The van der Waals surface area contributed by atoms with Crippen molar-refractivity contribution in [1.29, 1.82) is 0 Å². The predicted molar refractivity (Wildman–Crippen MR) is 118 cm³/mol. The van der Waals surface area contributed by atoms with E-state index in [9.17, 15) is 0 Å². The molecule has 0 aliphatic heterocycles. The molecule has 0 amide bonds. The average molecular weight is 346 g/mol. The first-order valence-corrected chi connectivity index (χ1v) is 9.24. The molecular weight excluding hydrogens is 314 g/mol. The van der Waals surface area contributed by atoms with Crippen molar-refractivity contribution < 1.29 is 0 Å². The maximum Gasteiger partial charge on any atom is 0.0417 e. The number of nitrogens with one attached hydrogen (secondary N) is 1. The van der Waals surface area contributed by atoms with Crippen molar-refractivity contribution in [3.63, 3.8) is 0 Å². The maximum atomic E-state index is 3.89. The maximum absolute atomic E-state index is 3.89. The van der Waals surface area contributed by atoms with Crippen LogP contribution in [0.2, 0.25) is 0 Å². The molecule has 0 heterocycles. The second-order valence-electron chi connectivity index (χ2n) is 5.57. The molecular formula is C25H31N. The lowest BCUT2D eigenvalue weighted by Gasteiger charge is -2.14. The van der Waals surface area contributed by atoms with E-state index in [2.05, 4.69) is 79.5 Å². The van der Waals surface area contributed by atoms with E-state index in [1.807, 2.05) is 45.9 Å². The van der Waals surface area contributed by atoms with E-state index in [0.29, 0.717) is 0 Å². The van der Waals surface area contributed by atoms with Crippen molar-refractivity contribution in [2.45, 2.75) is 34.6 Å². The van der Waals surface area contributed by atoms with E-state index in [1.54, 1.807) is 0 Å². The summed E-state index contributed by atoms with van der Waals surface area (Å²) in [5.74, 6) is 0. The molecule has 0 saturated heterocycles. The summed E-state index contributed by atoms with van der Waals surface area (Å²) < 4.78 is 0. The standard InChI is InChI=1S/C23H25N.C2H6/c1-5-11-22(18(4)6-2)23(7-3)24-21-16-14-20(15-17-21)19-12-9-8-10-13-19;1-2/h5-17,24H,2H2,1,3-4H3;1-2H3/b11-5-,22-18+,23-7+;. The molecule has 0 spiro atoms. The molecule has 0 bridgehead atoms. The van der Waals surface area contributed by atoms with Crippen LogP contribution in [0.1, 0.15) is 34.6 Å². The van der Waals surface area contributed by atoms with E-state index in [4.69, 9.17) is 0 Å². The van der Waals surface area contributed by atoms with Gasteiger partial charge in [-0.05, 0) is 49.6 Å². The van der Waals surface area contributed by atoms with Crippen LogP contribution in [0.4, 0.5) is 5.69 Å². The molecule has 1 N–H and O–H groups in total. The Morgan fingerprint density at radius 2 is 1.46 bits per heavy atom. The molecule has 26 heavy (non-hydrogen) atoms. The van der Waals surface area contributed by atoms with Gasteiger partial charge in [-0.2, -0.15) is 0 Å². The highest BCUT2D eigenvalue weighted by Gasteiger charge is 2.05. The summed E-state index contributed by atoms with van der Waals surface area (Å²) in [6, 6.07) is 18.9. The molecule has 0 saturated carbocycles. The smallest absolute Gasteiger partial charge is 0.0417 e. The van der Waals surface area contributed by atoms with Gasteiger partial charge in [-0.15, -0.1) is 0 Å². The molecule has 1 heteroatoms. The second-order valence-corrected chi connectivity index (χ2v) is 5.57. The van der Waals surface area contributed by atoms with Crippen LogP contribution in [0, 0.1) is 0 Å². The van der Waals surface area contributed by atoms with Gasteiger partial charge in [0.05, 0.1) is 0 Å². The summed E-state index contributed by atoms with van der Waals surface area (Å²) in [4.78, 5) is 0. The zero-order chi connectivity index (χ0) is 19.4. The molecule has 0 aromatic heterocycles. The molecule has 0 aliphatic rings. The predicted octanol–water partition coefficient (Wildman–Crippen LogP) is 7.77. The molecule has 0 aliphatic carbocycles. The summed E-state index contributed by atoms with van der Waals surface area (Å²) in [5, 5.41) is 3.51. The van der Waals surface area contributed by atoms with Crippen molar-refractivity contribution in [3.8, 4) is 11.1 Å². The highest BCUT2D eigenvalue weighted by Crippen LogP contribution is 2.24. The van der Waals surface area contributed by atoms with Crippen LogP contribution in [0.5, 0.6) is 0 Å². The number of anilines is 1. The Bertz CT molecular complexity index is 760. The molecule has 2 aromatic rings. The normalized spacial score (nSPS) is 12.1. The lowest BCUT2D eigenvalue weighted by Crippen LogP contribution is -2.03. The van der Waals surface area contributed by atoms with E-state index in [0.717, 1.165) is 22.5 Å². The monoisotopic (exact) mass is 345 g/mol. The fourth-order valence-corrected chi connectivity index (χ4v) is 2.54. The minimum atomic E-state index is 1.07. The van der Waals surface area contributed by atoms with Crippen molar-refractivity contribution in [1.82, 2.24) is 0 Å². The number of hydrogen-bond acceptors (Lipinski definition) is 1. The molecule has 0 unspecified atom stereocenters. The van der Waals surface area contributed by atoms with Crippen molar-refractivity contribution >= 4 is 5.69 Å². The van der Waals surface area contributed by atoms with Crippen LogP contribution < -0.4 is 5.32 Å². The Morgan fingerprint density at radius 1 is 0.885 bits per heavy atom. The number of hydrogen-bond donors (Lipinski definition) is 1. The first kappa shape index (κ1) is 21.2. The van der Waals surface area contributed by atoms with Gasteiger partial charge < -0.3 is 5.32 Å². The van der Waals surface area contributed by atoms with Crippen LogP contribution in [0.15, 0.2) is 102 Å². The number of rotatable bonds is 6. The van der Waals surface area contributed by atoms with Gasteiger partial charge >= 0.3 is 0 Å². The molecule has 0 fully saturated rings. The first-order chi connectivity index (χ1) is 12.7. The fourth-order valence-electron chi connectivity index (χ4n) is 2.54. The van der Waals surface area contributed by atoms with Gasteiger partial charge in [0.2, 0.25) is 0 Å². The Hall–Kier alpha value is -2.80. The van der Waals surface area contributed by atoms with Crippen LogP contribution in [0.3, 0.4) is 0 Å². The Morgan fingerprint density at radius 3 is 1.96 bits per heavy atom. The van der Waals surface area contributed by atoms with Crippen molar-refractivity contribution in [2.75, 3.05) is 5.32 Å². The summed E-state index contributed by atoms with van der Waals surface area (Å²) in [5.41, 5.74) is 6.90. The zero-order valence-corrected chi connectivity index (χ0v) is 16.7. The molecule has 0 atom stereocenters. The van der Waals surface area contributed by atoms with Gasteiger partial charge in [0.1, 0.15) is 0 Å². The van der Waals surface area contributed by atoms with Crippen molar-refractivity contribution in [3.05, 3.63) is 102 Å². The first-order valence-electron chi connectivity index (χ1n) is 9.24. The molecule has 2 aromatic carbocycles. The minimum absolute atomic E-state index is 1.07. The van der Waals surface area contributed by atoms with Gasteiger partial charge in [0.15, 0.2) is 0 Å². The SMILES string of the molecule is C=C/C(C)=C(\C=C/C)C(=C\C)/Nc1ccc(-c2ccccc2)cc1.CC. The highest BCUT2D eigenvalue weighted by atomic mass is 14.9. The largest absolute Gasteiger partial charge is 0.355 e. The molecule has 1 nitrogen and oxygen atoms in total. The van der Waals surface area contributed by atoms with E-state index in [1.165, 1.54) is 11.1 Å². The number of benzene rings is 2. The summed E-state index contributed by atoms with van der Waals surface area (Å²) in [6.45, 7) is 14.0. The third-order valence-electron chi connectivity index (χ3n) is 3.91. The number of allylic oxidation sites excluding steroid dienone is 5. The quantitative estimate of drug-likeness (QED) is 0.527. The average Bonchev–Trinajstić information content (AvgIpc) is 2.72. The third-order valence-corrected chi connectivity index (χ3v) is 3.91. The van der Waals surface area contributed by atoms with Crippen LogP contribution >= 0.6 is 0 Å². The van der Waals surface area contributed by atoms with E-state index >= 15 is 0 Å². The van der Waals surface area contributed by atoms with Crippen LogP contribution in [-0.2, 0) is 0 Å². The van der Waals surface area contributed by atoms with Crippen molar-refractivity contribution in [2.24, 2.45) is 0 Å². The minimum Gasteiger partial charge on any atom is -0.355 e. The fraction of sp³-hybridized carbons (Fsp3) is 0.200. The third kappa shape index (κ3) is 5.93. The van der Waals surface area contributed by atoms with Gasteiger partial charge in [0.25, 0.3) is 0 Å². The second kappa shape index (κ2) is 11.7. The summed E-state index contributed by atoms with van der Waals surface area (Å²) in [7, 11) is 0. The summed E-state index contributed by atoms with van der Waals surface area (Å²) in [6.07, 6.45) is 8.14. The van der Waals surface area contributed by atoms with Crippen LogP contribution in [-0.4, -0.2) is 0 Å². The van der Waals surface area contributed by atoms with Gasteiger partial charge in [0, 0.05) is 17.0 Å². The Kier molecular flexibility index (Phi) is 9.56. The van der Waals surface area contributed by atoms with Gasteiger partial charge in [-0.1, -0.05) is 87.2 Å². The topological polar surface area (TPSA) is 12.0 Å². The summed E-state index contributed by atoms with van der Waals surface area (Å²) >= 11 is 0. The molecule has 136 valence electrons. The Labute approximate surface area is 159 Å². The molecule has 0 radical (unpaired) electrons. The van der Waals surface area contributed by atoms with E-state index in [-0.39, 0.29) is 0 Å². The van der Waals surface area contributed by atoms with Gasteiger partial charge in [-0.25, -0.2) is 0 Å². The lowest BCUT2D eigenvalue weighted by atomic mass is 10.0. The van der Waals surface area contributed by atoms with Gasteiger partial charge in [-0.3, -0.25) is 0 Å². The Balaban J connectivity index is 0.00000163. The zero-order valence-electron chi connectivity index (χ0n) is 16.7.